The highest BCUT2D eigenvalue weighted by molar-refractivity contribution is 5.86. The summed E-state index contributed by atoms with van der Waals surface area (Å²) in [6.07, 6.45) is 2.26. The minimum atomic E-state index is -0.956. The lowest BCUT2D eigenvalue weighted by atomic mass is 10.3. The Kier molecular flexibility index (Phi) is 2.87. The largest absolute Gasteiger partial charge is 0.477 e. The number of aromatic nitrogens is 2. The SMILES string of the molecule is COCCc1ncc2cccc(C(=O)O)n12. The summed E-state index contributed by atoms with van der Waals surface area (Å²) < 4.78 is 6.60. The van der Waals surface area contributed by atoms with E-state index in [2.05, 4.69) is 4.98 Å². The molecule has 2 aromatic heterocycles. The van der Waals surface area contributed by atoms with E-state index < -0.39 is 5.97 Å². The Bertz CT molecular complexity index is 519. The van der Waals surface area contributed by atoms with E-state index >= 15 is 0 Å². The van der Waals surface area contributed by atoms with E-state index in [-0.39, 0.29) is 5.69 Å². The van der Waals surface area contributed by atoms with Gasteiger partial charge in [0.2, 0.25) is 0 Å². The van der Waals surface area contributed by atoms with Gasteiger partial charge in [-0.1, -0.05) is 6.07 Å². The van der Waals surface area contributed by atoms with Crippen molar-refractivity contribution in [3.63, 3.8) is 0 Å². The molecule has 0 bridgehead atoms. The summed E-state index contributed by atoms with van der Waals surface area (Å²) in [6.45, 7) is 0.521. The lowest BCUT2D eigenvalue weighted by molar-refractivity contribution is 0.0688. The normalized spacial score (nSPS) is 10.8. The van der Waals surface area contributed by atoms with Gasteiger partial charge in [0.25, 0.3) is 0 Å². The minimum Gasteiger partial charge on any atom is -0.477 e. The van der Waals surface area contributed by atoms with Crippen LogP contribution in [-0.4, -0.2) is 34.2 Å². The van der Waals surface area contributed by atoms with Crippen LogP contribution in [0, 0.1) is 0 Å². The summed E-state index contributed by atoms with van der Waals surface area (Å²) in [5.41, 5.74) is 1.01. The first kappa shape index (κ1) is 10.6. The molecule has 1 N–H and O–H groups in total. The van der Waals surface area contributed by atoms with Gasteiger partial charge in [-0.2, -0.15) is 0 Å². The third-order valence-electron chi connectivity index (χ3n) is 2.37. The summed E-state index contributed by atoms with van der Waals surface area (Å²) >= 11 is 0. The van der Waals surface area contributed by atoms with E-state index in [0.717, 1.165) is 5.52 Å². The molecule has 2 aromatic rings. The minimum absolute atomic E-state index is 0.223. The number of hydrogen-bond acceptors (Lipinski definition) is 3. The van der Waals surface area contributed by atoms with Crippen molar-refractivity contribution < 1.29 is 14.6 Å². The third kappa shape index (κ3) is 1.77. The van der Waals surface area contributed by atoms with E-state index in [1.807, 2.05) is 6.07 Å². The van der Waals surface area contributed by atoms with Gasteiger partial charge < -0.3 is 9.84 Å². The number of pyridine rings is 1. The number of nitrogens with zero attached hydrogens (tertiary/aromatic N) is 2. The predicted molar refractivity (Wildman–Crippen MR) is 57.7 cm³/mol. The van der Waals surface area contributed by atoms with Gasteiger partial charge in [0.05, 0.1) is 18.3 Å². The fraction of sp³-hybridized carbons (Fsp3) is 0.273. The molecule has 0 saturated heterocycles. The van der Waals surface area contributed by atoms with Crippen LogP contribution in [-0.2, 0) is 11.2 Å². The maximum Gasteiger partial charge on any atom is 0.352 e. The Balaban J connectivity index is 2.54. The van der Waals surface area contributed by atoms with E-state index in [4.69, 9.17) is 9.84 Å². The van der Waals surface area contributed by atoms with Gasteiger partial charge in [-0.05, 0) is 12.1 Å². The molecule has 0 aliphatic heterocycles. The second kappa shape index (κ2) is 4.32. The third-order valence-corrected chi connectivity index (χ3v) is 2.37. The number of carboxylic acid groups (broad SMARTS) is 1. The van der Waals surface area contributed by atoms with Gasteiger partial charge in [-0.25, -0.2) is 9.78 Å². The molecular weight excluding hydrogens is 208 g/mol. The molecule has 5 heteroatoms. The monoisotopic (exact) mass is 220 g/mol. The lowest BCUT2D eigenvalue weighted by Crippen LogP contribution is -2.09. The summed E-state index contributed by atoms with van der Waals surface area (Å²) in [5, 5.41) is 9.07. The quantitative estimate of drug-likeness (QED) is 0.841. The molecule has 0 unspecified atom stereocenters. The van der Waals surface area contributed by atoms with Gasteiger partial charge >= 0.3 is 5.97 Å². The fourth-order valence-electron chi connectivity index (χ4n) is 1.65. The van der Waals surface area contributed by atoms with Crippen LogP contribution in [0.15, 0.2) is 24.4 Å². The summed E-state index contributed by atoms with van der Waals surface area (Å²) in [6, 6.07) is 5.10. The molecule has 5 nitrogen and oxygen atoms in total. The van der Waals surface area contributed by atoms with Crippen LogP contribution >= 0.6 is 0 Å². The van der Waals surface area contributed by atoms with Crippen LogP contribution in [0.5, 0.6) is 0 Å². The molecule has 0 atom stereocenters. The van der Waals surface area contributed by atoms with Crippen molar-refractivity contribution in [1.82, 2.24) is 9.38 Å². The van der Waals surface area contributed by atoms with Crippen molar-refractivity contribution >= 4 is 11.5 Å². The van der Waals surface area contributed by atoms with Crippen molar-refractivity contribution in [1.29, 1.82) is 0 Å². The van der Waals surface area contributed by atoms with Crippen molar-refractivity contribution in [2.75, 3.05) is 13.7 Å². The molecule has 0 fully saturated rings. The average molecular weight is 220 g/mol. The molecule has 0 aliphatic rings. The molecule has 0 aliphatic carbocycles. The molecule has 0 aromatic carbocycles. The first-order valence-electron chi connectivity index (χ1n) is 4.91. The Hall–Kier alpha value is -1.88. The molecule has 0 saturated carbocycles. The van der Waals surface area contributed by atoms with Gasteiger partial charge in [-0.3, -0.25) is 4.40 Å². The topological polar surface area (TPSA) is 63.8 Å². The standard InChI is InChI=1S/C11H12N2O3/c1-16-6-5-10-12-7-8-3-2-4-9(11(14)15)13(8)10/h2-4,7H,5-6H2,1H3,(H,14,15). The highest BCUT2D eigenvalue weighted by Crippen LogP contribution is 2.11. The number of imidazole rings is 1. The average Bonchev–Trinajstić information content (AvgIpc) is 2.69. The Labute approximate surface area is 92.3 Å². The Morgan fingerprint density at radius 3 is 3.06 bits per heavy atom. The molecule has 84 valence electrons. The molecule has 2 rings (SSSR count). The highest BCUT2D eigenvalue weighted by Gasteiger charge is 2.11. The van der Waals surface area contributed by atoms with Gasteiger partial charge in [0, 0.05) is 13.5 Å². The van der Waals surface area contributed by atoms with E-state index in [1.165, 1.54) is 0 Å². The Morgan fingerprint density at radius 1 is 1.56 bits per heavy atom. The van der Waals surface area contributed by atoms with Crippen molar-refractivity contribution in [2.24, 2.45) is 0 Å². The van der Waals surface area contributed by atoms with Gasteiger partial charge in [0.15, 0.2) is 0 Å². The van der Waals surface area contributed by atoms with Crippen molar-refractivity contribution in [3.8, 4) is 0 Å². The number of methoxy groups -OCH3 is 1. The van der Waals surface area contributed by atoms with Crippen LogP contribution in [0.3, 0.4) is 0 Å². The molecular formula is C11H12N2O3. The van der Waals surface area contributed by atoms with Crippen molar-refractivity contribution in [3.05, 3.63) is 35.9 Å². The van der Waals surface area contributed by atoms with E-state index in [0.29, 0.717) is 18.9 Å². The second-order valence-corrected chi connectivity index (χ2v) is 3.39. The molecule has 0 spiro atoms. The zero-order valence-electron chi connectivity index (χ0n) is 8.88. The Morgan fingerprint density at radius 2 is 2.38 bits per heavy atom. The number of carboxylic acids is 1. The second-order valence-electron chi connectivity index (χ2n) is 3.39. The van der Waals surface area contributed by atoms with Crippen LogP contribution in [0.1, 0.15) is 16.3 Å². The number of hydrogen-bond donors (Lipinski definition) is 1. The number of aromatic carboxylic acids is 1. The molecule has 16 heavy (non-hydrogen) atoms. The van der Waals surface area contributed by atoms with E-state index in [1.54, 1.807) is 29.8 Å². The number of ether oxygens (including phenoxy) is 1. The number of carbonyl (C=O) groups is 1. The predicted octanol–water partition coefficient (Wildman–Crippen LogP) is 1.22. The zero-order chi connectivity index (χ0) is 11.5. The lowest BCUT2D eigenvalue weighted by Gasteiger charge is -2.04. The van der Waals surface area contributed by atoms with Gasteiger partial charge in [0.1, 0.15) is 11.5 Å². The first-order valence-corrected chi connectivity index (χ1v) is 4.91. The van der Waals surface area contributed by atoms with Crippen molar-refractivity contribution in [2.45, 2.75) is 6.42 Å². The zero-order valence-corrected chi connectivity index (χ0v) is 8.88. The van der Waals surface area contributed by atoms with Crippen LogP contribution in [0.4, 0.5) is 0 Å². The highest BCUT2D eigenvalue weighted by atomic mass is 16.5. The molecule has 2 heterocycles. The number of rotatable bonds is 4. The number of fused-ring (bicyclic) bond motifs is 1. The smallest absolute Gasteiger partial charge is 0.352 e. The maximum absolute atomic E-state index is 11.1. The van der Waals surface area contributed by atoms with E-state index in [9.17, 15) is 4.79 Å². The summed E-state index contributed by atoms with van der Waals surface area (Å²) in [7, 11) is 1.61. The van der Waals surface area contributed by atoms with Gasteiger partial charge in [-0.15, -0.1) is 0 Å². The molecule has 0 amide bonds. The maximum atomic E-state index is 11.1. The fourth-order valence-corrected chi connectivity index (χ4v) is 1.65. The molecule has 0 radical (unpaired) electrons. The van der Waals surface area contributed by atoms with Crippen LogP contribution < -0.4 is 0 Å². The summed E-state index contributed by atoms with van der Waals surface area (Å²) in [4.78, 5) is 15.3. The van der Waals surface area contributed by atoms with Crippen LogP contribution in [0.2, 0.25) is 0 Å². The summed E-state index contributed by atoms with van der Waals surface area (Å²) in [5.74, 6) is -0.253. The first-order chi connectivity index (χ1) is 7.74. The van der Waals surface area contributed by atoms with Crippen LogP contribution in [0.25, 0.3) is 5.52 Å².